The molecule has 0 fully saturated rings. The number of carbonyl (C=O) groups is 3. The van der Waals surface area contributed by atoms with Gasteiger partial charge in [-0.25, -0.2) is 29.2 Å². The number of amides is 2. The summed E-state index contributed by atoms with van der Waals surface area (Å²) in [5.74, 6) is -0.460. The van der Waals surface area contributed by atoms with Crippen LogP contribution in [0, 0.1) is 12.7 Å². The molecule has 1 atom stereocenters. The minimum Gasteiger partial charge on any atom is -0.449 e. The van der Waals surface area contributed by atoms with Crippen molar-refractivity contribution in [3.05, 3.63) is 113 Å². The highest BCUT2D eigenvalue weighted by molar-refractivity contribution is 6.61. The lowest BCUT2D eigenvalue weighted by Crippen LogP contribution is -2.38. The van der Waals surface area contributed by atoms with Gasteiger partial charge >= 0.3 is 17.6 Å². The van der Waals surface area contributed by atoms with Crippen molar-refractivity contribution in [2.24, 2.45) is 0 Å². The molecule has 228 valence electrons. The number of hydrogen-bond donors (Lipinski definition) is 2. The van der Waals surface area contributed by atoms with Crippen molar-refractivity contribution in [1.29, 1.82) is 0 Å². The Labute approximate surface area is 255 Å². The summed E-state index contributed by atoms with van der Waals surface area (Å²) in [7, 11) is 0. The number of anilines is 1. The zero-order chi connectivity index (χ0) is 31.6. The number of halogens is 2. The summed E-state index contributed by atoms with van der Waals surface area (Å²) >= 11 is 4.97. The van der Waals surface area contributed by atoms with Gasteiger partial charge in [0.2, 0.25) is 0 Å². The molecule has 2 N–H and O–H groups in total. The molecule has 0 aromatic heterocycles. The molecule has 0 aliphatic carbocycles. The molecule has 1 unspecified atom stereocenters. The summed E-state index contributed by atoms with van der Waals surface area (Å²) in [5.41, 5.74) is 5.15. The third kappa shape index (κ3) is 10.7. The van der Waals surface area contributed by atoms with Crippen molar-refractivity contribution < 1.29 is 33.0 Å². The fourth-order valence-corrected chi connectivity index (χ4v) is 3.98. The van der Waals surface area contributed by atoms with Crippen LogP contribution < -0.4 is 10.7 Å². The number of nitrogens with one attached hydrogen (secondary N) is 2. The van der Waals surface area contributed by atoms with E-state index >= 15 is 0 Å². The smallest absolute Gasteiger partial charge is 0.429 e. The van der Waals surface area contributed by atoms with Crippen molar-refractivity contribution in [2.45, 2.75) is 59.5 Å². The van der Waals surface area contributed by atoms with Crippen LogP contribution in [0.2, 0.25) is 0 Å². The number of hydrogen-bond acceptors (Lipinski definition) is 7. The Kier molecular flexibility index (Phi) is 11.7. The van der Waals surface area contributed by atoms with E-state index in [1.807, 2.05) is 60.7 Å². The Morgan fingerprint density at radius 3 is 2.02 bits per heavy atom. The average Bonchev–Trinajstić information content (AvgIpc) is 3.33. The van der Waals surface area contributed by atoms with Crippen molar-refractivity contribution in [3.8, 4) is 0 Å². The third-order valence-corrected chi connectivity index (χ3v) is 6.04. The first-order chi connectivity index (χ1) is 20.3. The molecule has 1 aliphatic rings. The van der Waals surface area contributed by atoms with Crippen LogP contribution in [0.1, 0.15) is 56.0 Å². The summed E-state index contributed by atoms with van der Waals surface area (Å²) in [6.07, 6.45) is 0.495. The van der Waals surface area contributed by atoms with Gasteiger partial charge in [-0.05, 0) is 69.5 Å². The Balaban J connectivity index is 0.000000386. The molecule has 11 heteroatoms. The number of benzene rings is 3. The molecule has 9 nitrogen and oxygen atoms in total. The maximum absolute atomic E-state index is 14.8. The van der Waals surface area contributed by atoms with Crippen LogP contribution in [0.4, 0.5) is 24.5 Å². The Bertz CT molecular complexity index is 1440. The first kappa shape index (κ1) is 33.1. The van der Waals surface area contributed by atoms with Crippen LogP contribution in [-0.2, 0) is 27.4 Å². The molecule has 0 radical (unpaired) electrons. The predicted molar refractivity (Wildman–Crippen MR) is 162 cm³/mol. The van der Waals surface area contributed by atoms with E-state index in [0.717, 1.165) is 11.1 Å². The van der Waals surface area contributed by atoms with Crippen molar-refractivity contribution in [2.75, 3.05) is 5.32 Å². The molecule has 0 saturated heterocycles. The maximum Gasteiger partial charge on any atom is 0.429 e. The SMILES string of the molecule is CC1=CC(c2cc(NC(=O)OC(C)(C)C)c(C)cc2F)NN1C(=O)OCc1ccccc1.O=C(Cl)OCc1ccccc1. The molecule has 0 saturated carbocycles. The van der Waals surface area contributed by atoms with E-state index in [4.69, 9.17) is 21.1 Å². The first-order valence-electron chi connectivity index (χ1n) is 13.4. The number of carbonyl (C=O) groups excluding carboxylic acids is 3. The maximum atomic E-state index is 14.8. The summed E-state index contributed by atoms with van der Waals surface area (Å²) < 4.78 is 30.0. The minimum atomic E-state index is -0.770. The van der Waals surface area contributed by atoms with Crippen molar-refractivity contribution in [3.63, 3.8) is 0 Å². The van der Waals surface area contributed by atoms with E-state index in [-0.39, 0.29) is 18.8 Å². The molecule has 3 aromatic carbocycles. The van der Waals surface area contributed by atoms with Gasteiger partial charge in [0, 0.05) is 28.5 Å². The van der Waals surface area contributed by atoms with Gasteiger partial charge in [-0.1, -0.05) is 60.7 Å². The van der Waals surface area contributed by atoms with Crippen LogP contribution in [0.25, 0.3) is 0 Å². The first-order valence-corrected chi connectivity index (χ1v) is 13.8. The van der Waals surface area contributed by atoms with Crippen LogP contribution in [0.3, 0.4) is 0 Å². The molecule has 43 heavy (non-hydrogen) atoms. The van der Waals surface area contributed by atoms with Crippen LogP contribution in [0.5, 0.6) is 0 Å². The third-order valence-electron chi connectivity index (χ3n) is 5.93. The van der Waals surface area contributed by atoms with Crippen LogP contribution in [0.15, 0.2) is 84.6 Å². The number of aryl methyl sites for hydroxylation is 1. The zero-order valence-electron chi connectivity index (χ0n) is 24.6. The largest absolute Gasteiger partial charge is 0.449 e. The minimum absolute atomic E-state index is 0.124. The fourth-order valence-electron chi connectivity index (χ4n) is 3.92. The normalized spacial score (nSPS) is 14.2. The van der Waals surface area contributed by atoms with Gasteiger partial charge in [0.25, 0.3) is 0 Å². The fraction of sp³-hybridized carbons (Fsp3) is 0.281. The van der Waals surface area contributed by atoms with Crippen LogP contribution in [-0.4, -0.2) is 28.2 Å². The van der Waals surface area contributed by atoms with E-state index in [1.165, 1.54) is 17.1 Å². The second kappa shape index (κ2) is 15.2. The summed E-state index contributed by atoms with van der Waals surface area (Å²) in [6.45, 7) is 9.06. The van der Waals surface area contributed by atoms with Gasteiger partial charge < -0.3 is 14.2 Å². The van der Waals surface area contributed by atoms with E-state index in [1.54, 1.807) is 40.7 Å². The summed E-state index contributed by atoms with van der Waals surface area (Å²) in [5, 5.41) is 3.90. The number of nitrogens with zero attached hydrogens (tertiary/aromatic N) is 1. The standard InChI is InChI=1S/C24H28FN3O4.C8H7ClO2/c1-15-11-19(25)18(13-20(15)26-22(29)32-24(3,4)5)21-12-16(2)28(27-21)23(30)31-14-17-9-7-6-8-10-17;9-8(10)11-6-7-4-2-1-3-5-7/h6-13,21,27H,14H2,1-5H3,(H,26,29);1-5H,6H2. The molecule has 2 amide bonds. The predicted octanol–water partition coefficient (Wildman–Crippen LogP) is 8.15. The molecule has 3 aromatic rings. The van der Waals surface area contributed by atoms with E-state index < -0.39 is 35.1 Å². The van der Waals surface area contributed by atoms with Crippen molar-refractivity contribution in [1.82, 2.24) is 10.4 Å². The Morgan fingerprint density at radius 1 is 0.930 bits per heavy atom. The summed E-state index contributed by atoms with van der Waals surface area (Å²) in [6, 6.07) is 20.9. The monoisotopic (exact) mass is 611 g/mol. The molecular weight excluding hydrogens is 577 g/mol. The quantitative estimate of drug-likeness (QED) is 0.214. The van der Waals surface area contributed by atoms with Gasteiger partial charge in [-0.2, -0.15) is 0 Å². The zero-order valence-corrected chi connectivity index (χ0v) is 25.4. The lowest BCUT2D eigenvalue weighted by molar-refractivity contribution is 0.0635. The molecule has 1 aliphatic heterocycles. The molecular formula is C32H35ClFN3O6. The molecule has 0 spiro atoms. The molecule has 1 heterocycles. The highest BCUT2D eigenvalue weighted by Gasteiger charge is 2.30. The summed E-state index contributed by atoms with van der Waals surface area (Å²) in [4.78, 5) is 34.8. The lowest BCUT2D eigenvalue weighted by atomic mass is 10.0. The van der Waals surface area contributed by atoms with Gasteiger partial charge in [0.15, 0.2) is 0 Å². The number of allylic oxidation sites excluding steroid dienone is 1. The second-order valence-electron chi connectivity index (χ2n) is 10.6. The van der Waals surface area contributed by atoms with E-state index in [2.05, 4.69) is 15.5 Å². The number of rotatable bonds is 6. The van der Waals surface area contributed by atoms with Gasteiger partial charge in [-0.3, -0.25) is 5.32 Å². The highest BCUT2D eigenvalue weighted by atomic mass is 35.5. The van der Waals surface area contributed by atoms with Crippen molar-refractivity contribution >= 4 is 34.9 Å². The van der Waals surface area contributed by atoms with E-state index in [9.17, 15) is 18.8 Å². The average molecular weight is 612 g/mol. The van der Waals surface area contributed by atoms with Gasteiger partial charge in [-0.15, -0.1) is 0 Å². The highest BCUT2D eigenvalue weighted by Crippen LogP contribution is 2.31. The van der Waals surface area contributed by atoms with Crippen LogP contribution >= 0.6 is 11.6 Å². The Hall–Kier alpha value is -4.41. The Morgan fingerprint density at radius 2 is 1.49 bits per heavy atom. The van der Waals surface area contributed by atoms with E-state index in [0.29, 0.717) is 16.9 Å². The topological polar surface area (TPSA) is 106 Å². The number of ether oxygens (including phenoxy) is 3. The molecule has 0 bridgehead atoms. The lowest BCUT2D eigenvalue weighted by Gasteiger charge is -2.22. The second-order valence-corrected chi connectivity index (χ2v) is 10.9. The van der Waals surface area contributed by atoms with Gasteiger partial charge in [0.05, 0.1) is 6.04 Å². The van der Waals surface area contributed by atoms with Gasteiger partial charge in [0.1, 0.15) is 24.6 Å². The number of hydrazine groups is 1. The molecule has 4 rings (SSSR count).